The molecule has 0 bridgehead atoms. The molecule has 0 saturated heterocycles. The SMILES string of the molecule is CCOC(=O)Cc1csc(-c2ccc3ccccc3c2)n1. The number of esters is 1. The van der Waals surface area contributed by atoms with Gasteiger partial charge in [-0.25, -0.2) is 4.98 Å². The molecular formula is C17H15NO2S. The van der Waals surface area contributed by atoms with Gasteiger partial charge in [0, 0.05) is 10.9 Å². The van der Waals surface area contributed by atoms with Crippen LogP contribution in [0.1, 0.15) is 12.6 Å². The van der Waals surface area contributed by atoms with Crippen LogP contribution in [0.25, 0.3) is 21.3 Å². The topological polar surface area (TPSA) is 39.2 Å². The molecule has 0 atom stereocenters. The molecule has 21 heavy (non-hydrogen) atoms. The van der Waals surface area contributed by atoms with Gasteiger partial charge in [0.2, 0.25) is 0 Å². The molecule has 1 heterocycles. The first-order valence-corrected chi connectivity index (χ1v) is 7.73. The molecule has 2 aromatic carbocycles. The average molecular weight is 297 g/mol. The van der Waals surface area contributed by atoms with Gasteiger partial charge in [0.25, 0.3) is 0 Å². The number of nitrogens with zero attached hydrogens (tertiary/aromatic N) is 1. The van der Waals surface area contributed by atoms with Crippen LogP contribution >= 0.6 is 11.3 Å². The maximum atomic E-state index is 11.5. The van der Waals surface area contributed by atoms with E-state index in [9.17, 15) is 4.79 Å². The minimum Gasteiger partial charge on any atom is -0.466 e. The molecule has 0 fully saturated rings. The van der Waals surface area contributed by atoms with Gasteiger partial charge in [-0.15, -0.1) is 11.3 Å². The maximum absolute atomic E-state index is 11.5. The minimum atomic E-state index is -0.229. The summed E-state index contributed by atoms with van der Waals surface area (Å²) in [6.07, 6.45) is 0.234. The second kappa shape index (κ2) is 6.06. The molecule has 0 N–H and O–H groups in total. The van der Waals surface area contributed by atoms with Crippen LogP contribution in [0.15, 0.2) is 47.8 Å². The first-order chi connectivity index (χ1) is 10.3. The Hall–Kier alpha value is -2.20. The monoisotopic (exact) mass is 297 g/mol. The summed E-state index contributed by atoms with van der Waals surface area (Å²) in [4.78, 5) is 16.0. The summed E-state index contributed by atoms with van der Waals surface area (Å²) < 4.78 is 4.94. The van der Waals surface area contributed by atoms with Crippen LogP contribution in [-0.2, 0) is 16.0 Å². The van der Waals surface area contributed by atoms with Crippen molar-refractivity contribution < 1.29 is 9.53 Å². The van der Waals surface area contributed by atoms with Crippen LogP contribution < -0.4 is 0 Å². The number of ether oxygens (including phenoxy) is 1. The molecule has 0 unspecified atom stereocenters. The minimum absolute atomic E-state index is 0.229. The summed E-state index contributed by atoms with van der Waals surface area (Å²) in [5, 5.41) is 5.25. The Morgan fingerprint density at radius 2 is 2.00 bits per heavy atom. The summed E-state index contributed by atoms with van der Waals surface area (Å²) in [7, 11) is 0. The van der Waals surface area contributed by atoms with Crippen molar-refractivity contribution in [3.63, 3.8) is 0 Å². The van der Waals surface area contributed by atoms with Crippen molar-refractivity contribution in [1.29, 1.82) is 0 Å². The molecular weight excluding hydrogens is 282 g/mol. The first-order valence-electron chi connectivity index (χ1n) is 6.85. The molecule has 3 rings (SSSR count). The first kappa shape index (κ1) is 13.8. The average Bonchev–Trinajstić information content (AvgIpc) is 2.95. The van der Waals surface area contributed by atoms with Crippen molar-refractivity contribution in [2.24, 2.45) is 0 Å². The zero-order valence-corrected chi connectivity index (χ0v) is 12.5. The Morgan fingerprint density at radius 3 is 2.81 bits per heavy atom. The van der Waals surface area contributed by atoms with Crippen LogP contribution in [0.4, 0.5) is 0 Å². The van der Waals surface area contributed by atoms with E-state index in [1.54, 1.807) is 18.3 Å². The second-order valence-electron chi connectivity index (χ2n) is 4.69. The lowest BCUT2D eigenvalue weighted by molar-refractivity contribution is -0.142. The highest BCUT2D eigenvalue weighted by Gasteiger charge is 2.09. The lowest BCUT2D eigenvalue weighted by Crippen LogP contribution is -2.07. The van der Waals surface area contributed by atoms with Crippen molar-refractivity contribution >= 4 is 28.1 Å². The van der Waals surface area contributed by atoms with E-state index in [1.165, 1.54) is 10.8 Å². The van der Waals surface area contributed by atoms with Crippen LogP contribution in [0.3, 0.4) is 0 Å². The third kappa shape index (κ3) is 3.11. The van der Waals surface area contributed by atoms with E-state index in [4.69, 9.17) is 4.74 Å². The summed E-state index contributed by atoms with van der Waals surface area (Å²) in [5.74, 6) is -0.229. The van der Waals surface area contributed by atoms with Crippen molar-refractivity contribution in [3.05, 3.63) is 53.5 Å². The summed E-state index contributed by atoms with van der Waals surface area (Å²) in [6, 6.07) is 14.5. The molecule has 1 aromatic heterocycles. The van der Waals surface area contributed by atoms with Gasteiger partial charge in [0.15, 0.2) is 0 Å². The van der Waals surface area contributed by atoms with E-state index in [1.807, 2.05) is 17.5 Å². The zero-order chi connectivity index (χ0) is 14.7. The van der Waals surface area contributed by atoms with E-state index in [0.717, 1.165) is 16.3 Å². The Balaban J connectivity index is 1.85. The van der Waals surface area contributed by atoms with Gasteiger partial charge in [-0.2, -0.15) is 0 Å². The Labute approximate surface area is 127 Å². The van der Waals surface area contributed by atoms with Crippen LogP contribution in [0.2, 0.25) is 0 Å². The standard InChI is InChI=1S/C17H15NO2S/c1-2-20-16(19)10-15-11-21-17(18-15)14-8-7-12-5-3-4-6-13(12)9-14/h3-9,11H,2,10H2,1H3. The Kier molecular flexibility index (Phi) is 3.97. The highest BCUT2D eigenvalue weighted by atomic mass is 32.1. The third-order valence-corrected chi connectivity index (χ3v) is 4.12. The highest BCUT2D eigenvalue weighted by molar-refractivity contribution is 7.13. The molecule has 0 amide bonds. The number of fused-ring (bicyclic) bond motifs is 1. The van der Waals surface area contributed by atoms with E-state index in [0.29, 0.717) is 6.61 Å². The van der Waals surface area contributed by atoms with Crippen LogP contribution in [0, 0.1) is 0 Å². The van der Waals surface area contributed by atoms with Gasteiger partial charge in [-0.3, -0.25) is 4.79 Å². The number of thiazole rings is 1. The predicted molar refractivity (Wildman–Crippen MR) is 85.4 cm³/mol. The summed E-state index contributed by atoms with van der Waals surface area (Å²) in [6.45, 7) is 2.21. The fraction of sp³-hybridized carbons (Fsp3) is 0.176. The number of carbonyl (C=O) groups is 1. The highest BCUT2D eigenvalue weighted by Crippen LogP contribution is 2.27. The lowest BCUT2D eigenvalue weighted by Gasteiger charge is -2.01. The van der Waals surface area contributed by atoms with Gasteiger partial charge in [0.1, 0.15) is 5.01 Å². The van der Waals surface area contributed by atoms with E-state index < -0.39 is 0 Å². The molecule has 0 aliphatic rings. The van der Waals surface area contributed by atoms with E-state index >= 15 is 0 Å². The third-order valence-electron chi connectivity index (χ3n) is 3.18. The number of rotatable bonds is 4. The molecule has 0 aliphatic carbocycles. The molecule has 4 heteroatoms. The van der Waals surface area contributed by atoms with Gasteiger partial charge in [-0.1, -0.05) is 36.4 Å². The van der Waals surface area contributed by atoms with Gasteiger partial charge in [0.05, 0.1) is 18.7 Å². The number of benzene rings is 2. The van der Waals surface area contributed by atoms with Crippen LogP contribution in [0.5, 0.6) is 0 Å². The fourth-order valence-electron chi connectivity index (χ4n) is 2.20. The van der Waals surface area contributed by atoms with Gasteiger partial charge >= 0.3 is 5.97 Å². The van der Waals surface area contributed by atoms with Crippen molar-refractivity contribution in [3.8, 4) is 10.6 Å². The van der Waals surface area contributed by atoms with Gasteiger partial charge in [-0.05, 0) is 23.8 Å². The number of aromatic nitrogens is 1. The van der Waals surface area contributed by atoms with Crippen molar-refractivity contribution in [2.45, 2.75) is 13.3 Å². The molecule has 0 spiro atoms. The number of hydrogen-bond acceptors (Lipinski definition) is 4. The maximum Gasteiger partial charge on any atom is 0.311 e. The van der Waals surface area contributed by atoms with E-state index in [2.05, 4.69) is 35.3 Å². The Bertz CT molecular complexity index is 779. The summed E-state index contributed by atoms with van der Waals surface area (Å²) in [5.41, 5.74) is 1.84. The number of carbonyl (C=O) groups excluding carboxylic acids is 1. The van der Waals surface area contributed by atoms with Crippen molar-refractivity contribution in [1.82, 2.24) is 4.98 Å². The molecule has 106 valence electrons. The fourth-order valence-corrected chi connectivity index (χ4v) is 3.02. The van der Waals surface area contributed by atoms with Gasteiger partial charge < -0.3 is 4.74 Å². The zero-order valence-electron chi connectivity index (χ0n) is 11.7. The molecule has 0 aliphatic heterocycles. The quantitative estimate of drug-likeness (QED) is 0.681. The Morgan fingerprint density at radius 1 is 1.19 bits per heavy atom. The molecule has 3 nitrogen and oxygen atoms in total. The predicted octanol–water partition coefficient (Wildman–Crippen LogP) is 4.07. The molecule has 3 aromatic rings. The van der Waals surface area contributed by atoms with E-state index in [-0.39, 0.29) is 12.4 Å². The molecule has 0 saturated carbocycles. The second-order valence-corrected chi connectivity index (χ2v) is 5.55. The number of hydrogen-bond donors (Lipinski definition) is 0. The van der Waals surface area contributed by atoms with Crippen molar-refractivity contribution in [2.75, 3.05) is 6.61 Å². The normalized spacial score (nSPS) is 10.7. The summed E-state index contributed by atoms with van der Waals surface area (Å²) >= 11 is 1.55. The van der Waals surface area contributed by atoms with Crippen LogP contribution in [-0.4, -0.2) is 17.6 Å². The molecule has 0 radical (unpaired) electrons. The largest absolute Gasteiger partial charge is 0.466 e. The lowest BCUT2D eigenvalue weighted by atomic mass is 10.1. The smallest absolute Gasteiger partial charge is 0.311 e.